The van der Waals surface area contributed by atoms with E-state index < -0.39 is 0 Å². The fourth-order valence-electron chi connectivity index (χ4n) is 2.12. The molecule has 0 saturated heterocycles. The number of hydrogen-bond acceptors (Lipinski definition) is 2. The van der Waals surface area contributed by atoms with E-state index in [-0.39, 0.29) is 0 Å². The number of hydrogen-bond donors (Lipinski definition) is 1. The minimum atomic E-state index is 0.530. The average molecular weight is 209 g/mol. The number of nitrogens with one attached hydrogen (secondary N) is 1. The van der Waals surface area contributed by atoms with E-state index >= 15 is 0 Å². The van der Waals surface area contributed by atoms with Gasteiger partial charge in [0, 0.05) is 10.9 Å². The third-order valence-corrected chi connectivity index (χ3v) is 4.22. The zero-order chi connectivity index (χ0) is 10.2. The second-order valence-electron chi connectivity index (χ2n) is 4.58. The molecule has 1 N–H and O–H groups in total. The third kappa shape index (κ3) is 1.73. The Kier molecular flexibility index (Phi) is 2.67. The van der Waals surface area contributed by atoms with E-state index in [0.29, 0.717) is 11.5 Å². The van der Waals surface area contributed by atoms with Crippen LogP contribution in [-0.4, -0.2) is 6.54 Å². The van der Waals surface area contributed by atoms with Crippen LogP contribution in [-0.2, 0) is 0 Å². The van der Waals surface area contributed by atoms with Gasteiger partial charge in [-0.3, -0.25) is 0 Å². The summed E-state index contributed by atoms with van der Waals surface area (Å²) < 4.78 is 0. The largest absolute Gasteiger partial charge is 0.310 e. The molecule has 1 aliphatic carbocycles. The van der Waals surface area contributed by atoms with E-state index in [4.69, 9.17) is 0 Å². The van der Waals surface area contributed by atoms with E-state index in [9.17, 15) is 0 Å². The molecular formula is C12H19NS. The molecule has 1 atom stereocenters. The van der Waals surface area contributed by atoms with Crippen LogP contribution in [0.1, 0.15) is 43.2 Å². The molecule has 0 aliphatic heterocycles. The van der Waals surface area contributed by atoms with Crippen molar-refractivity contribution < 1.29 is 0 Å². The smallest absolute Gasteiger partial charge is 0.0385 e. The van der Waals surface area contributed by atoms with Gasteiger partial charge in [-0.15, -0.1) is 11.3 Å². The molecule has 0 spiro atoms. The maximum atomic E-state index is 3.63. The molecule has 1 fully saturated rings. The lowest BCUT2D eigenvalue weighted by Gasteiger charge is -2.24. The molecule has 1 aromatic rings. The Hall–Kier alpha value is -0.340. The van der Waals surface area contributed by atoms with E-state index in [1.165, 1.54) is 23.3 Å². The Morgan fingerprint density at radius 1 is 1.57 bits per heavy atom. The van der Waals surface area contributed by atoms with Gasteiger partial charge in [0.05, 0.1) is 0 Å². The highest BCUT2D eigenvalue weighted by Crippen LogP contribution is 2.55. The van der Waals surface area contributed by atoms with Crippen molar-refractivity contribution in [2.75, 3.05) is 6.54 Å². The molecule has 0 bridgehead atoms. The Balaban J connectivity index is 2.23. The number of aryl methyl sites for hydroxylation is 1. The predicted molar refractivity (Wildman–Crippen MR) is 62.8 cm³/mol. The van der Waals surface area contributed by atoms with Crippen molar-refractivity contribution in [3.63, 3.8) is 0 Å². The van der Waals surface area contributed by atoms with Crippen LogP contribution in [0, 0.1) is 12.3 Å². The minimum Gasteiger partial charge on any atom is -0.310 e. The zero-order valence-electron chi connectivity index (χ0n) is 9.26. The summed E-state index contributed by atoms with van der Waals surface area (Å²) in [6, 6.07) is 2.87. The highest BCUT2D eigenvalue weighted by molar-refractivity contribution is 7.10. The average Bonchev–Trinajstić information content (AvgIpc) is 2.75. The van der Waals surface area contributed by atoms with Gasteiger partial charge in [-0.05, 0) is 48.7 Å². The molecular weight excluding hydrogens is 190 g/mol. The second-order valence-corrected chi connectivity index (χ2v) is 5.70. The summed E-state index contributed by atoms with van der Waals surface area (Å²) >= 11 is 1.86. The topological polar surface area (TPSA) is 12.0 Å². The highest BCUT2D eigenvalue weighted by Gasteiger charge is 2.45. The summed E-state index contributed by atoms with van der Waals surface area (Å²) in [4.78, 5) is 1.48. The Morgan fingerprint density at radius 2 is 2.29 bits per heavy atom. The van der Waals surface area contributed by atoms with Gasteiger partial charge < -0.3 is 5.32 Å². The molecule has 1 unspecified atom stereocenters. The number of thiophene rings is 1. The van der Waals surface area contributed by atoms with E-state index in [1.54, 1.807) is 0 Å². The van der Waals surface area contributed by atoms with Crippen molar-refractivity contribution in [3.8, 4) is 0 Å². The predicted octanol–water partition coefficient (Wildman–Crippen LogP) is 3.51. The van der Waals surface area contributed by atoms with Crippen LogP contribution in [0.15, 0.2) is 11.4 Å². The van der Waals surface area contributed by atoms with Crippen molar-refractivity contribution >= 4 is 11.3 Å². The molecule has 78 valence electrons. The van der Waals surface area contributed by atoms with Gasteiger partial charge in [0.15, 0.2) is 0 Å². The van der Waals surface area contributed by atoms with Gasteiger partial charge in [-0.2, -0.15) is 0 Å². The van der Waals surface area contributed by atoms with Crippen molar-refractivity contribution in [3.05, 3.63) is 21.9 Å². The fourth-order valence-corrected chi connectivity index (χ4v) is 2.86. The number of rotatable bonds is 4. The molecule has 0 aromatic carbocycles. The van der Waals surface area contributed by atoms with E-state index in [1.807, 2.05) is 11.3 Å². The van der Waals surface area contributed by atoms with Crippen molar-refractivity contribution in [2.45, 2.75) is 39.7 Å². The molecule has 14 heavy (non-hydrogen) atoms. The first-order valence-corrected chi connectivity index (χ1v) is 6.33. The molecule has 2 heteroatoms. The second kappa shape index (κ2) is 3.67. The van der Waals surface area contributed by atoms with Crippen LogP contribution in [0.2, 0.25) is 0 Å². The summed E-state index contributed by atoms with van der Waals surface area (Å²) in [6.45, 7) is 7.89. The molecule has 1 saturated carbocycles. The zero-order valence-corrected chi connectivity index (χ0v) is 10.1. The summed E-state index contributed by atoms with van der Waals surface area (Å²) in [6.07, 6.45) is 2.75. The monoisotopic (exact) mass is 209 g/mol. The lowest BCUT2D eigenvalue weighted by atomic mass is 9.92. The Labute approximate surface area is 90.5 Å². The van der Waals surface area contributed by atoms with Crippen LogP contribution < -0.4 is 5.32 Å². The summed E-state index contributed by atoms with van der Waals surface area (Å²) in [7, 11) is 0. The summed E-state index contributed by atoms with van der Waals surface area (Å²) in [5.41, 5.74) is 2.05. The van der Waals surface area contributed by atoms with Gasteiger partial charge in [0.25, 0.3) is 0 Å². The first kappa shape index (κ1) is 10.2. The molecule has 0 radical (unpaired) electrons. The fraction of sp³-hybridized carbons (Fsp3) is 0.667. The first-order valence-electron chi connectivity index (χ1n) is 5.45. The van der Waals surface area contributed by atoms with Crippen LogP contribution in [0.5, 0.6) is 0 Å². The molecule has 2 rings (SSSR count). The Bertz CT molecular complexity index is 312. The van der Waals surface area contributed by atoms with Gasteiger partial charge in [-0.1, -0.05) is 13.8 Å². The standard InChI is InChI=1S/C12H19NS/c1-4-13-11(12(3)6-7-12)10-5-8-14-9(10)2/h5,8,11,13H,4,6-7H2,1-3H3. The van der Waals surface area contributed by atoms with Crippen molar-refractivity contribution in [2.24, 2.45) is 5.41 Å². The van der Waals surface area contributed by atoms with Crippen LogP contribution in [0.25, 0.3) is 0 Å². The Morgan fingerprint density at radius 3 is 2.71 bits per heavy atom. The van der Waals surface area contributed by atoms with E-state index in [0.717, 1.165) is 6.54 Å². The van der Waals surface area contributed by atoms with Crippen LogP contribution in [0.4, 0.5) is 0 Å². The quantitative estimate of drug-likeness (QED) is 0.800. The molecule has 1 aliphatic rings. The van der Waals surface area contributed by atoms with Gasteiger partial charge >= 0.3 is 0 Å². The van der Waals surface area contributed by atoms with Crippen LogP contribution >= 0.6 is 11.3 Å². The first-order chi connectivity index (χ1) is 6.67. The molecule has 1 aromatic heterocycles. The van der Waals surface area contributed by atoms with Crippen molar-refractivity contribution in [1.82, 2.24) is 5.32 Å². The molecule has 0 amide bonds. The van der Waals surface area contributed by atoms with Gasteiger partial charge in [0.1, 0.15) is 0 Å². The third-order valence-electron chi connectivity index (χ3n) is 3.35. The van der Waals surface area contributed by atoms with Gasteiger partial charge in [-0.25, -0.2) is 0 Å². The maximum Gasteiger partial charge on any atom is 0.0385 e. The van der Waals surface area contributed by atoms with Crippen LogP contribution in [0.3, 0.4) is 0 Å². The maximum absolute atomic E-state index is 3.63. The summed E-state index contributed by atoms with van der Waals surface area (Å²) in [5, 5.41) is 5.84. The van der Waals surface area contributed by atoms with Crippen molar-refractivity contribution in [1.29, 1.82) is 0 Å². The SMILES string of the molecule is CCNC(c1ccsc1C)C1(C)CC1. The lowest BCUT2D eigenvalue weighted by Crippen LogP contribution is -2.27. The molecule has 1 heterocycles. The normalized spacial score (nSPS) is 20.8. The minimum absolute atomic E-state index is 0.530. The highest BCUT2D eigenvalue weighted by atomic mass is 32.1. The van der Waals surface area contributed by atoms with Gasteiger partial charge in [0.2, 0.25) is 0 Å². The summed E-state index contributed by atoms with van der Waals surface area (Å²) in [5.74, 6) is 0. The lowest BCUT2D eigenvalue weighted by molar-refractivity contribution is 0.373. The molecule has 1 nitrogen and oxygen atoms in total. The van der Waals surface area contributed by atoms with E-state index in [2.05, 4.69) is 37.5 Å².